The number of anilines is 1. The molecule has 1 atom stereocenters. The Hall–Kier alpha value is -5.02. The lowest BCUT2D eigenvalue weighted by atomic mass is 10.00. The Labute approximate surface area is 308 Å². The summed E-state index contributed by atoms with van der Waals surface area (Å²) in [5.41, 5.74) is 8.56. The summed E-state index contributed by atoms with van der Waals surface area (Å²) in [6, 6.07) is 20.2. The van der Waals surface area contributed by atoms with Gasteiger partial charge in [0, 0.05) is 55.0 Å². The number of hydrogen-bond acceptors (Lipinski definition) is 7. The van der Waals surface area contributed by atoms with Crippen molar-refractivity contribution in [2.75, 3.05) is 25.0 Å². The van der Waals surface area contributed by atoms with E-state index in [1.165, 1.54) is 12.1 Å². The highest BCUT2D eigenvalue weighted by atomic mass is 32.1. The fourth-order valence-electron chi connectivity index (χ4n) is 6.03. The molecule has 2 fully saturated rings. The third kappa shape index (κ3) is 10.5. The van der Waals surface area contributed by atoms with E-state index in [9.17, 15) is 37.3 Å². The molecule has 3 heterocycles. The van der Waals surface area contributed by atoms with Crippen molar-refractivity contribution in [1.29, 1.82) is 0 Å². The number of hydrogen-bond donors (Lipinski definition) is 5. The van der Waals surface area contributed by atoms with Gasteiger partial charge in [0.15, 0.2) is 0 Å². The number of carbonyl (C=O) groups excluding carboxylic acids is 5. The number of amides is 5. The molecule has 0 bridgehead atoms. The number of alkyl halides is 2. The van der Waals surface area contributed by atoms with Crippen LogP contribution in [0.5, 0.6) is 0 Å². The minimum Gasteiger partial charge on any atom is -0.369 e. The molecule has 4 aromatic rings. The van der Waals surface area contributed by atoms with Gasteiger partial charge >= 0.3 is 13.3 Å². The summed E-state index contributed by atoms with van der Waals surface area (Å²) in [5, 5.41) is 2.85. The van der Waals surface area contributed by atoms with E-state index in [2.05, 4.69) is 5.32 Å². The average Bonchev–Trinajstić information content (AvgIpc) is 3.75. The van der Waals surface area contributed by atoms with Crippen LogP contribution in [0.15, 0.2) is 72.8 Å². The molecule has 1 unspecified atom stereocenters. The van der Waals surface area contributed by atoms with E-state index in [1.807, 2.05) is 47.4 Å². The lowest BCUT2D eigenvalue weighted by Crippen LogP contribution is -2.44. The minimum atomic E-state index is -5.60. The molecule has 17 heteroatoms. The number of fused-ring (bicyclic) bond motifs is 2. The summed E-state index contributed by atoms with van der Waals surface area (Å²) in [6.07, 6.45) is 4.36. The molecule has 0 aliphatic carbocycles. The Morgan fingerprint density at radius 1 is 0.981 bits per heavy atom. The van der Waals surface area contributed by atoms with Gasteiger partial charge in [0.25, 0.3) is 5.91 Å². The predicted molar refractivity (Wildman–Crippen MR) is 197 cm³/mol. The van der Waals surface area contributed by atoms with Gasteiger partial charge < -0.3 is 36.4 Å². The summed E-state index contributed by atoms with van der Waals surface area (Å²) in [5.74, 6) is -0.804. The van der Waals surface area contributed by atoms with Crippen molar-refractivity contribution in [2.45, 2.75) is 50.7 Å². The van der Waals surface area contributed by atoms with Gasteiger partial charge in [-0.25, -0.2) is 0 Å². The van der Waals surface area contributed by atoms with E-state index in [4.69, 9.17) is 21.3 Å². The molecule has 13 nitrogen and oxygen atoms in total. The number of carbonyl (C=O) groups is 5. The SMILES string of the molecule is CC(=O)N1CCC(=O)N2CCCC2CC1.NC(=O)Cc1cc(-c2ccccc2)ccc1NC=O.NC(=O)c1cc2cc(C(F)(F)P(=O)(O)O)ccc2s1. The van der Waals surface area contributed by atoms with Gasteiger partial charge in [-0.2, -0.15) is 8.78 Å². The second kappa shape index (κ2) is 17.7. The zero-order valence-corrected chi connectivity index (χ0v) is 30.5. The molecule has 7 N–H and O–H groups in total. The summed E-state index contributed by atoms with van der Waals surface area (Å²) in [4.78, 5) is 77.0. The highest BCUT2D eigenvalue weighted by Crippen LogP contribution is 2.59. The van der Waals surface area contributed by atoms with Crippen LogP contribution >= 0.6 is 18.9 Å². The summed E-state index contributed by atoms with van der Waals surface area (Å²) < 4.78 is 38.3. The van der Waals surface area contributed by atoms with Gasteiger partial charge in [-0.05, 0) is 71.7 Å². The number of benzene rings is 3. The molecule has 1 aromatic heterocycles. The van der Waals surface area contributed by atoms with E-state index in [0.717, 1.165) is 66.9 Å². The Bertz CT molecular complexity index is 2020. The average molecular weight is 772 g/mol. The van der Waals surface area contributed by atoms with Gasteiger partial charge in [0.2, 0.25) is 24.1 Å². The molecular weight excluding hydrogens is 731 g/mol. The third-order valence-corrected chi connectivity index (χ3v) is 10.9. The van der Waals surface area contributed by atoms with Crippen molar-refractivity contribution in [2.24, 2.45) is 11.5 Å². The molecule has 2 aliphatic rings. The molecule has 6 rings (SSSR count). The molecule has 0 saturated carbocycles. The van der Waals surface area contributed by atoms with Crippen LogP contribution in [0, 0.1) is 0 Å². The lowest BCUT2D eigenvalue weighted by molar-refractivity contribution is -0.136. The van der Waals surface area contributed by atoms with Crippen LogP contribution < -0.4 is 16.8 Å². The monoisotopic (exact) mass is 771 g/mol. The number of rotatable bonds is 8. The number of nitrogens with two attached hydrogens (primary N) is 2. The van der Waals surface area contributed by atoms with Gasteiger partial charge in [0.1, 0.15) is 0 Å². The van der Waals surface area contributed by atoms with Crippen molar-refractivity contribution in [3.8, 4) is 11.1 Å². The van der Waals surface area contributed by atoms with Crippen LogP contribution in [0.3, 0.4) is 0 Å². The van der Waals surface area contributed by atoms with Crippen LogP contribution in [0.2, 0.25) is 0 Å². The van der Waals surface area contributed by atoms with Gasteiger partial charge in [-0.1, -0.05) is 42.5 Å². The third-order valence-electron chi connectivity index (χ3n) is 8.73. The van der Waals surface area contributed by atoms with E-state index >= 15 is 0 Å². The predicted octanol–water partition coefficient (Wildman–Crippen LogP) is 4.80. The summed E-state index contributed by atoms with van der Waals surface area (Å²) in [7, 11) is -5.60. The van der Waals surface area contributed by atoms with E-state index in [0.29, 0.717) is 41.4 Å². The van der Waals surface area contributed by atoms with Crippen molar-refractivity contribution in [3.05, 3.63) is 88.8 Å². The molecule has 3 aromatic carbocycles. The van der Waals surface area contributed by atoms with E-state index in [-0.39, 0.29) is 28.5 Å². The van der Waals surface area contributed by atoms with Crippen LogP contribution in [0.25, 0.3) is 21.2 Å². The van der Waals surface area contributed by atoms with Crippen molar-refractivity contribution in [3.63, 3.8) is 0 Å². The summed E-state index contributed by atoms with van der Waals surface area (Å²) in [6.45, 7) is 3.91. The number of nitrogens with one attached hydrogen (secondary N) is 1. The first-order valence-electron chi connectivity index (χ1n) is 16.5. The van der Waals surface area contributed by atoms with E-state index < -0.39 is 30.6 Å². The highest BCUT2D eigenvalue weighted by molar-refractivity contribution is 7.52. The standard InChI is InChI=1S/C15H14N2O2.C11H18N2O2.C10H8F2NO4PS/c16-15(19)9-13-8-12(6-7-14(13)17-10-18)11-4-2-1-3-5-11;1-9(14)12-7-4-10-3-2-6-13(10)11(15)5-8-12;11-10(12,18(15,16)17)6-1-2-7-5(3-6)4-8(19-7)9(13)14/h1-8,10H,9H2,(H2,16,19)(H,17,18);10H,2-8H2,1H3;1-4H,(H2,13,14)(H2,15,16,17). The molecule has 2 saturated heterocycles. The van der Waals surface area contributed by atoms with E-state index in [1.54, 1.807) is 17.9 Å². The molecule has 0 radical (unpaired) electrons. The highest BCUT2D eigenvalue weighted by Gasteiger charge is 2.50. The zero-order valence-electron chi connectivity index (χ0n) is 28.7. The first-order chi connectivity index (χ1) is 25.0. The molecule has 5 amide bonds. The van der Waals surface area contributed by atoms with Crippen molar-refractivity contribution < 1.29 is 47.1 Å². The Kier molecular flexibility index (Phi) is 13.6. The van der Waals surface area contributed by atoms with Crippen LogP contribution in [-0.4, -0.2) is 75.3 Å². The van der Waals surface area contributed by atoms with Crippen molar-refractivity contribution >= 4 is 64.7 Å². The number of primary amides is 2. The molecule has 53 heavy (non-hydrogen) atoms. The molecule has 282 valence electrons. The molecule has 0 spiro atoms. The fraction of sp³-hybridized carbons (Fsp3) is 0.306. The van der Waals surface area contributed by atoms with Gasteiger partial charge in [-0.15, -0.1) is 11.3 Å². The second-order valence-corrected chi connectivity index (χ2v) is 15.1. The first-order valence-corrected chi connectivity index (χ1v) is 18.9. The lowest BCUT2D eigenvalue weighted by Gasteiger charge is -2.31. The van der Waals surface area contributed by atoms with Crippen LogP contribution in [-0.2, 0) is 35.8 Å². The number of nitrogens with zero attached hydrogens (tertiary/aromatic N) is 2. The Morgan fingerprint density at radius 2 is 1.70 bits per heavy atom. The fourth-order valence-corrected chi connectivity index (χ4v) is 7.40. The topological polar surface area (TPSA) is 213 Å². The maximum atomic E-state index is 13.5. The van der Waals surface area contributed by atoms with Gasteiger partial charge in [-0.3, -0.25) is 28.5 Å². The maximum Gasteiger partial charge on any atom is 0.399 e. The molecule has 2 aliphatic heterocycles. The molecular formula is C36H40F2N5O8PS. The number of thiophene rings is 1. The second-order valence-electron chi connectivity index (χ2n) is 12.4. The quantitative estimate of drug-likeness (QED) is 0.124. The minimum absolute atomic E-state index is 0.0919. The van der Waals surface area contributed by atoms with Crippen LogP contribution in [0.4, 0.5) is 14.5 Å². The summed E-state index contributed by atoms with van der Waals surface area (Å²) >= 11 is 1.02. The maximum absolute atomic E-state index is 13.5. The normalized spacial score (nSPS) is 15.9. The smallest absolute Gasteiger partial charge is 0.369 e. The first kappa shape index (κ1) is 40.7. The Morgan fingerprint density at radius 3 is 2.32 bits per heavy atom. The van der Waals surface area contributed by atoms with Crippen molar-refractivity contribution in [1.82, 2.24) is 9.80 Å². The number of halogens is 2. The Balaban J connectivity index is 0.000000179. The van der Waals surface area contributed by atoms with Crippen LogP contribution in [0.1, 0.15) is 53.4 Å². The zero-order chi connectivity index (χ0) is 38.9. The van der Waals surface area contributed by atoms with Gasteiger partial charge in [0.05, 0.1) is 11.3 Å². The largest absolute Gasteiger partial charge is 0.399 e.